The first kappa shape index (κ1) is 13.9. The average Bonchev–Trinajstić information content (AvgIpc) is 2.62. The number of hydrogen-bond donors (Lipinski definition) is 1. The zero-order valence-electron chi connectivity index (χ0n) is 12.0. The molecule has 0 bridgehead atoms. The molecule has 110 valence electrons. The highest BCUT2D eigenvalue weighted by molar-refractivity contribution is 6.05. The molecule has 0 fully saturated rings. The van der Waals surface area contributed by atoms with E-state index in [2.05, 4.69) is 4.98 Å². The number of aromatic nitrogens is 1. The lowest BCUT2D eigenvalue weighted by atomic mass is 9.83. The quantitative estimate of drug-likeness (QED) is 0.864. The van der Waals surface area contributed by atoms with E-state index in [0.29, 0.717) is 17.7 Å². The van der Waals surface area contributed by atoms with Gasteiger partial charge in [-0.05, 0) is 35.4 Å². The summed E-state index contributed by atoms with van der Waals surface area (Å²) in [6, 6.07) is 1.93. The van der Waals surface area contributed by atoms with Crippen LogP contribution in [0.3, 0.4) is 0 Å². The summed E-state index contributed by atoms with van der Waals surface area (Å²) < 4.78 is 28.1. The number of fused-ring (bicyclic) bond motifs is 2. The Morgan fingerprint density at radius 2 is 1.95 bits per heavy atom. The Balaban J connectivity index is 2.58. The molecule has 1 atom stereocenters. The molecule has 3 rings (SSSR count). The van der Waals surface area contributed by atoms with E-state index in [4.69, 9.17) is 0 Å². The van der Waals surface area contributed by atoms with Gasteiger partial charge >= 0.3 is 5.97 Å². The smallest absolute Gasteiger partial charge is 0.336 e. The van der Waals surface area contributed by atoms with E-state index in [9.17, 15) is 18.7 Å². The number of nitrogens with zero attached hydrogens (tertiary/aromatic N) is 1. The number of hydrogen-bond acceptors (Lipinski definition) is 2. The number of rotatable bonds is 1. The van der Waals surface area contributed by atoms with Crippen LogP contribution in [0.25, 0.3) is 10.9 Å². The number of halogens is 2. The van der Waals surface area contributed by atoms with Crippen LogP contribution in [0.1, 0.15) is 54.7 Å². The van der Waals surface area contributed by atoms with Crippen molar-refractivity contribution < 1.29 is 18.7 Å². The number of benzene rings is 1. The van der Waals surface area contributed by atoms with E-state index in [1.807, 2.05) is 20.8 Å². The van der Waals surface area contributed by atoms with E-state index >= 15 is 0 Å². The minimum atomic E-state index is -1.25. The third kappa shape index (κ3) is 1.83. The normalized spacial score (nSPS) is 19.8. The van der Waals surface area contributed by atoms with Gasteiger partial charge in [-0.2, -0.15) is 0 Å². The van der Waals surface area contributed by atoms with Crippen molar-refractivity contribution >= 4 is 16.9 Å². The van der Waals surface area contributed by atoms with Crippen molar-refractivity contribution in [3.05, 3.63) is 40.6 Å². The van der Waals surface area contributed by atoms with E-state index in [-0.39, 0.29) is 22.4 Å². The van der Waals surface area contributed by atoms with Gasteiger partial charge in [-0.15, -0.1) is 0 Å². The standard InChI is InChI=1S/C16H15F2NO2/c1-7-6-16(2,3)12-11(15(20)21)10-8(17)4-5-9(18)14(10)19-13(7)12/h4-5,7H,6H2,1-3H3,(H,20,21). The molecule has 0 amide bonds. The largest absolute Gasteiger partial charge is 0.478 e. The van der Waals surface area contributed by atoms with Gasteiger partial charge in [-0.1, -0.05) is 20.8 Å². The third-order valence-electron chi connectivity index (χ3n) is 4.24. The summed E-state index contributed by atoms with van der Waals surface area (Å²) in [5, 5.41) is 9.33. The van der Waals surface area contributed by atoms with Gasteiger partial charge in [0.15, 0.2) is 0 Å². The molecular formula is C16H15F2NO2. The second-order valence-electron chi connectivity index (χ2n) is 6.29. The molecule has 1 aromatic carbocycles. The molecule has 0 aliphatic heterocycles. The first-order valence-corrected chi connectivity index (χ1v) is 6.79. The summed E-state index contributed by atoms with van der Waals surface area (Å²) in [7, 11) is 0. The zero-order chi connectivity index (χ0) is 15.5. The maximum absolute atomic E-state index is 14.1. The molecule has 1 N–H and O–H groups in total. The molecule has 1 aliphatic carbocycles. The van der Waals surface area contributed by atoms with Crippen LogP contribution in [0.15, 0.2) is 12.1 Å². The minimum Gasteiger partial charge on any atom is -0.478 e. The molecule has 3 nitrogen and oxygen atoms in total. The van der Waals surface area contributed by atoms with Gasteiger partial charge in [0, 0.05) is 5.69 Å². The van der Waals surface area contributed by atoms with Gasteiger partial charge in [0.05, 0.1) is 10.9 Å². The Bertz CT molecular complexity index is 784. The van der Waals surface area contributed by atoms with Gasteiger partial charge in [-0.25, -0.2) is 18.6 Å². The maximum Gasteiger partial charge on any atom is 0.336 e. The highest BCUT2D eigenvalue weighted by Crippen LogP contribution is 2.48. The fourth-order valence-corrected chi connectivity index (χ4v) is 3.54. The molecule has 0 saturated carbocycles. The summed E-state index contributed by atoms with van der Waals surface area (Å²) in [4.78, 5) is 16.0. The van der Waals surface area contributed by atoms with Crippen molar-refractivity contribution in [1.29, 1.82) is 0 Å². The number of carboxylic acid groups (broad SMARTS) is 1. The second-order valence-corrected chi connectivity index (χ2v) is 6.29. The van der Waals surface area contributed by atoms with Crippen LogP contribution < -0.4 is 0 Å². The first-order chi connectivity index (χ1) is 9.74. The van der Waals surface area contributed by atoms with Crippen LogP contribution in [0, 0.1) is 11.6 Å². The van der Waals surface area contributed by atoms with E-state index in [1.54, 1.807) is 0 Å². The minimum absolute atomic E-state index is 0.0140. The molecule has 5 heteroatoms. The lowest BCUT2D eigenvalue weighted by molar-refractivity contribution is 0.0696. The highest BCUT2D eigenvalue weighted by Gasteiger charge is 2.41. The molecular weight excluding hydrogens is 276 g/mol. The van der Waals surface area contributed by atoms with Gasteiger partial charge < -0.3 is 5.11 Å². The molecule has 1 unspecified atom stereocenters. The van der Waals surface area contributed by atoms with E-state index in [1.165, 1.54) is 0 Å². The monoisotopic (exact) mass is 291 g/mol. The molecule has 0 spiro atoms. The lowest BCUT2D eigenvalue weighted by Gasteiger charge is -2.21. The molecule has 21 heavy (non-hydrogen) atoms. The van der Waals surface area contributed by atoms with Crippen molar-refractivity contribution in [3.63, 3.8) is 0 Å². The maximum atomic E-state index is 14.1. The van der Waals surface area contributed by atoms with Crippen LogP contribution in [-0.2, 0) is 5.41 Å². The zero-order valence-corrected chi connectivity index (χ0v) is 12.0. The summed E-state index contributed by atoms with van der Waals surface area (Å²) in [5.74, 6) is -2.69. The first-order valence-electron chi connectivity index (χ1n) is 6.79. The van der Waals surface area contributed by atoms with Crippen molar-refractivity contribution in [1.82, 2.24) is 4.98 Å². The Labute approximate surface area is 120 Å². The van der Waals surface area contributed by atoms with Crippen LogP contribution in [0.2, 0.25) is 0 Å². The third-order valence-corrected chi connectivity index (χ3v) is 4.24. The van der Waals surface area contributed by atoms with Crippen LogP contribution in [-0.4, -0.2) is 16.1 Å². The number of aromatic carboxylic acids is 1. The molecule has 1 heterocycles. The number of carbonyl (C=O) groups is 1. The Kier molecular flexibility index (Phi) is 2.80. The predicted octanol–water partition coefficient (Wildman–Crippen LogP) is 4.00. The molecule has 0 radical (unpaired) electrons. The van der Waals surface area contributed by atoms with Gasteiger partial charge in [-0.3, -0.25) is 0 Å². The number of carboxylic acids is 1. The van der Waals surface area contributed by atoms with Gasteiger partial charge in [0.2, 0.25) is 0 Å². The summed E-state index contributed by atoms with van der Waals surface area (Å²) in [6.07, 6.45) is 0.704. The molecule has 2 aromatic rings. The van der Waals surface area contributed by atoms with E-state index in [0.717, 1.165) is 12.1 Å². The topological polar surface area (TPSA) is 50.2 Å². The SMILES string of the molecule is CC1CC(C)(C)c2c1nc1c(F)ccc(F)c1c2C(=O)O. The molecule has 1 aliphatic rings. The van der Waals surface area contributed by atoms with Gasteiger partial charge in [0.25, 0.3) is 0 Å². The average molecular weight is 291 g/mol. The van der Waals surface area contributed by atoms with Crippen molar-refractivity contribution in [2.75, 3.05) is 0 Å². The van der Waals surface area contributed by atoms with E-state index < -0.39 is 23.0 Å². The van der Waals surface area contributed by atoms with Crippen LogP contribution >= 0.6 is 0 Å². The van der Waals surface area contributed by atoms with Crippen molar-refractivity contribution in [3.8, 4) is 0 Å². The van der Waals surface area contributed by atoms with Crippen LogP contribution in [0.5, 0.6) is 0 Å². The summed E-state index contributed by atoms with van der Waals surface area (Å²) >= 11 is 0. The van der Waals surface area contributed by atoms with Crippen molar-refractivity contribution in [2.45, 2.75) is 38.5 Å². The Hall–Kier alpha value is -2.04. The summed E-state index contributed by atoms with van der Waals surface area (Å²) in [6.45, 7) is 5.74. The predicted molar refractivity (Wildman–Crippen MR) is 74.7 cm³/mol. The number of pyridine rings is 1. The summed E-state index contributed by atoms with van der Waals surface area (Å²) in [5.41, 5.74) is 0.313. The Morgan fingerprint density at radius 1 is 1.33 bits per heavy atom. The lowest BCUT2D eigenvalue weighted by Crippen LogP contribution is -2.18. The second kappa shape index (κ2) is 4.23. The fourth-order valence-electron chi connectivity index (χ4n) is 3.54. The molecule has 1 aromatic heterocycles. The highest BCUT2D eigenvalue weighted by atomic mass is 19.1. The molecule has 0 saturated heterocycles. The van der Waals surface area contributed by atoms with Gasteiger partial charge in [0.1, 0.15) is 17.2 Å². The van der Waals surface area contributed by atoms with Crippen LogP contribution in [0.4, 0.5) is 8.78 Å². The van der Waals surface area contributed by atoms with Crippen molar-refractivity contribution in [2.24, 2.45) is 0 Å². The Morgan fingerprint density at radius 3 is 2.57 bits per heavy atom. The fraction of sp³-hybridized carbons (Fsp3) is 0.375.